The van der Waals surface area contributed by atoms with Gasteiger partial charge in [0.25, 0.3) is 5.91 Å². The smallest absolute Gasteiger partial charge is 0.267 e. The second kappa shape index (κ2) is 5.86. The first-order valence-electron chi connectivity index (χ1n) is 5.71. The summed E-state index contributed by atoms with van der Waals surface area (Å²) in [6, 6.07) is 10.7. The van der Waals surface area contributed by atoms with Crippen molar-refractivity contribution in [3.63, 3.8) is 0 Å². The van der Waals surface area contributed by atoms with E-state index in [1.807, 2.05) is 0 Å². The predicted octanol–water partition coefficient (Wildman–Crippen LogP) is 1.77. The van der Waals surface area contributed by atoms with Crippen molar-refractivity contribution in [1.82, 2.24) is 4.98 Å². The van der Waals surface area contributed by atoms with Crippen LogP contribution < -0.4 is 15.2 Å². The van der Waals surface area contributed by atoms with Gasteiger partial charge in [-0.25, -0.2) is 0 Å². The van der Waals surface area contributed by atoms with E-state index in [0.717, 1.165) is 5.75 Å². The molecule has 5 nitrogen and oxygen atoms in total. The predicted molar refractivity (Wildman–Crippen MR) is 70.1 cm³/mol. The van der Waals surface area contributed by atoms with Gasteiger partial charge < -0.3 is 15.2 Å². The molecule has 0 spiro atoms. The molecule has 0 aliphatic heterocycles. The molecule has 2 rings (SSSR count). The van der Waals surface area contributed by atoms with E-state index in [1.165, 1.54) is 6.20 Å². The lowest BCUT2D eigenvalue weighted by molar-refractivity contribution is 0.0993. The van der Waals surface area contributed by atoms with Gasteiger partial charge in [-0.2, -0.15) is 0 Å². The molecule has 1 aromatic carbocycles. The maximum absolute atomic E-state index is 11.2. The highest BCUT2D eigenvalue weighted by molar-refractivity contribution is 5.92. The number of hydrogen-bond acceptors (Lipinski definition) is 4. The second-order valence-electron chi connectivity index (χ2n) is 3.84. The van der Waals surface area contributed by atoms with E-state index in [1.54, 1.807) is 43.5 Å². The highest BCUT2D eigenvalue weighted by atomic mass is 16.5. The maximum Gasteiger partial charge on any atom is 0.267 e. The van der Waals surface area contributed by atoms with Crippen molar-refractivity contribution in [2.45, 2.75) is 6.61 Å². The molecule has 0 aliphatic carbocycles. The zero-order chi connectivity index (χ0) is 13.7. The van der Waals surface area contributed by atoms with E-state index in [9.17, 15) is 4.79 Å². The Morgan fingerprint density at radius 2 is 1.89 bits per heavy atom. The van der Waals surface area contributed by atoms with Crippen molar-refractivity contribution in [1.29, 1.82) is 0 Å². The summed E-state index contributed by atoms with van der Waals surface area (Å²) in [5, 5.41) is 0. The van der Waals surface area contributed by atoms with E-state index in [4.69, 9.17) is 15.2 Å². The van der Waals surface area contributed by atoms with Crippen molar-refractivity contribution in [2.24, 2.45) is 5.73 Å². The standard InChI is InChI=1S/C14H14N2O3/c1-18-11-4-6-12(7-5-11)19-9-10-3-2-8-16-13(10)14(15)17/h2-8H,9H2,1H3,(H2,15,17). The molecule has 0 saturated heterocycles. The molecular formula is C14H14N2O3. The Labute approximate surface area is 111 Å². The minimum atomic E-state index is -0.561. The molecule has 5 heteroatoms. The monoisotopic (exact) mass is 258 g/mol. The van der Waals surface area contributed by atoms with Crippen LogP contribution in [0, 0.1) is 0 Å². The average Bonchev–Trinajstić information content (AvgIpc) is 2.46. The number of carbonyl (C=O) groups excluding carboxylic acids is 1. The van der Waals surface area contributed by atoms with Crippen LogP contribution >= 0.6 is 0 Å². The third-order valence-electron chi connectivity index (χ3n) is 2.58. The number of nitrogens with zero attached hydrogens (tertiary/aromatic N) is 1. The molecule has 0 saturated carbocycles. The third kappa shape index (κ3) is 3.22. The normalized spacial score (nSPS) is 9.95. The van der Waals surface area contributed by atoms with Crippen molar-refractivity contribution in [2.75, 3.05) is 7.11 Å². The Morgan fingerprint density at radius 3 is 2.53 bits per heavy atom. The second-order valence-corrected chi connectivity index (χ2v) is 3.84. The summed E-state index contributed by atoms with van der Waals surface area (Å²) in [6.45, 7) is 0.235. The maximum atomic E-state index is 11.2. The molecule has 1 aromatic heterocycles. The lowest BCUT2D eigenvalue weighted by Crippen LogP contribution is -2.16. The number of primary amides is 1. The summed E-state index contributed by atoms with van der Waals surface area (Å²) in [5.41, 5.74) is 6.14. The summed E-state index contributed by atoms with van der Waals surface area (Å²) in [7, 11) is 1.60. The minimum absolute atomic E-state index is 0.232. The molecule has 0 aliphatic rings. The van der Waals surface area contributed by atoms with E-state index in [2.05, 4.69) is 4.98 Å². The largest absolute Gasteiger partial charge is 0.497 e. The number of ether oxygens (including phenoxy) is 2. The molecule has 1 heterocycles. The lowest BCUT2D eigenvalue weighted by atomic mass is 10.2. The van der Waals surface area contributed by atoms with Crippen molar-refractivity contribution in [3.05, 3.63) is 53.9 Å². The van der Waals surface area contributed by atoms with Gasteiger partial charge in [-0.3, -0.25) is 9.78 Å². The van der Waals surface area contributed by atoms with Crippen LogP contribution in [-0.2, 0) is 6.61 Å². The van der Waals surface area contributed by atoms with Gasteiger partial charge in [0.1, 0.15) is 23.8 Å². The number of nitrogens with two attached hydrogens (primary N) is 1. The van der Waals surface area contributed by atoms with Crippen LogP contribution in [0.2, 0.25) is 0 Å². The summed E-state index contributed by atoms with van der Waals surface area (Å²) in [6.07, 6.45) is 1.52. The Morgan fingerprint density at radius 1 is 1.21 bits per heavy atom. The van der Waals surface area contributed by atoms with Crippen LogP contribution in [0.4, 0.5) is 0 Å². The molecule has 2 N–H and O–H groups in total. The topological polar surface area (TPSA) is 74.4 Å². The summed E-state index contributed by atoms with van der Waals surface area (Å²) < 4.78 is 10.6. The minimum Gasteiger partial charge on any atom is -0.497 e. The van der Waals surface area contributed by atoms with Crippen LogP contribution in [0.25, 0.3) is 0 Å². The number of carbonyl (C=O) groups is 1. The van der Waals surface area contributed by atoms with Gasteiger partial charge in [0.05, 0.1) is 7.11 Å². The van der Waals surface area contributed by atoms with E-state index in [0.29, 0.717) is 11.3 Å². The lowest BCUT2D eigenvalue weighted by Gasteiger charge is -2.08. The Bertz CT molecular complexity index is 567. The molecule has 0 bridgehead atoms. The molecular weight excluding hydrogens is 244 g/mol. The number of amides is 1. The Kier molecular flexibility index (Phi) is 3.97. The van der Waals surface area contributed by atoms with Gasteiger partial charge in [0.2, 0.25) is 0 Å². The van der Waals surface area contributed by atoms with Gasteiger partial charge in [-0.05, 0) is 30.3 Å². The van der Waals surface area contributed by atoms with Gasteiger partial charge in [0.15, 0.2) is 0 Å². The number of methoxy groups -OCH3 is 1. The number of aromatic nitrogens is 1. The van der Waals surface area contributed by atoms with Gasteiger partial charge >= 0.3 is 0 Å². The van der Waals surface area contributed by atoms with Crippen molar-refractivity contribution < 1.29 is 14.3 Å². The molecule has 0 atom stereocenters. The molecule has 1 amide bonds. The number of pyridine rings is 1. The third-order valence-corrected chi connectivity index (χ3v) is 2.58. The Balaban J connectivity index is 2.07. The SMILES string of the molecule is COc1ccc(OCc2cccnc2C(N)=O)cc1. The molecule has 19 heavy (non-hydrogen) atoms. The molecule has 0 unspecified atom stereocenters. The van der Waals surface area contributed by atoms with Crippen molar-refractivity contribution in [3.8, 4) is 11.5 Å². The molecule has 98 valence electrons. The van der Waals surface area contributed by atoms with Crippen LogP contribution in [0.1, 0.15) is 16.1 Å². The average molecular weight is 258 g/mol. The highest BCUT2D eigenvalue weighted by Crippen LogP contribution is 2.18. The quantitative estimate of drug-likeness (QED) is 0.886. The number of hydrogen-bond donors (Lipinski definition) is 1. The van der Waals surface area contributed by atoms with Crippen LogP contribution in [0.5, 0.6) is 11.5 Å². The zero-order valence-corrected chi connectivity index (χ0v) is 10.5. The summed E-state index contributed by atoms with van der Waals surface area (Å²) in [5.74, 6) is 0.876. The Hall–Kier alpha value is -2.56. The number of benzene rings is 1. The molecule has 0 fully saturated rings. The van der Waals surface area contributed by atoms with E-state index < -0.39 is 5.91 Å². The van der Waals surface area contributed by atoms with Gasteiger partial charge in [0, 0.05) is 11.8 Å². The van der Waals surface area contributed by atoms with Crippen molar-refractivity contribution >= 4 is 5.91 Å². The number of rotatable bonds is 5. The molecule has 0 radical (unpaired) electrons. The highest BCUT2D eigenvalue weighted by Gasteiger charge is 2.09. The fraction of sp³-hybridized carbons (Fsp3) is 0.143. The summed E-state index contributed by atoms with van der Waals surface area (Å²) in [4.78, 5) is 15.1. The first-order chi connectivity index (χ1) is 9.20. The van der Waals surface area contributed by atoms with Crippen LogP contribution in [0.3, 0.4) is 0 Å². The molecule has 2 aromatic rings. The summed E-state index contributed by atoms with van der Waals surface area (Å²) >= 11 is 0. The van der Waals surface area contributed by atoms with Gasteiger partial charge in [-0.1, -0.05) is 6.07 Å². The first kappa shape index (κ1) is 12.9. The zero-order valence-electron chi connectivity index (χ0n) is 10.5. The van der Waals surface area contributed by atoms with E-state index >= 15 is 0 Å². The van der Waals surface area contributed by atoms with Gasteiger partial charge in [-0.15, -0.1) is 0 Å². The fourth-order valence-corrected chi connectivity index (χ4v) is 1.61. The van der Waals surface area contributed by atoms with Crippen LogP contribution in [-0.4, -0.2) is 18.0 Å². The van der Waals surface area contributed by atoms with E-state index in [-0.39, 0.29) is 12.3 Å². The first-order valence-corrected chi connectivity index (χ1v) is 5.71. The van der Waals surface area contributed by atoms with Crippen LogP contribution in [0.15, 0.2) is 42.6 Å². The fourth-order valence-electron chi connectivity index (χ4n) is 1.61.